The summed E-state index contributed by atoms with van der Waals surface area (Å²) in [5.41, 5.74) is 1.44. The molecule has 1 aliphatic heterocycles. The topological polar surface area (TPSA) is 60.8 Å². The molecule has 0 saturated carbocycles. The Hall–Kier alpha value is -0.910. The highest BCUT2D eigenvalue weighted by Crippen LogP contribution is 2.32. The first-order chi connectivity index (χ1) is 9.63. The van der Waals surface area contributed by atoms with Gasteiger partial charge in [0, 0.05) is 6.54 Å². The first kappa shape index (κ1) is 14.0. The molecule has 2 heterocycles. The van der Waals surface area contributed by atoms with E-state index >= 15 is 0 Å². The van der Waals surface area contributed by atoms with Crippen LogP contribution in [0.1, 0.15) is 46.5 Å². The minimum Gasteiger partial charge on any atom is -0.393 e. The predicted octanol–water partition coefficient (Wildman–Crippen LogP) is 1.59. The number of hydrogen-bond acceptors (Lipinski definition) is 4. The summed E-state index contributed by atoms with van der Waals surface area (Å²) in [5, 5.41) is 21.6. The molecule has 1 amide bonds. The lowest BCUT2D eigenvalue weighted by molar-refractivity contribution is -0.0597. The summed E-state index contributed by atoms with van der Waals surface area (Å²) in [6.45, 7) is 0.641. The number of carbonyl (C=O) groups is 1. The van der Waals surface area contributed by atoms with Crippen molar-refractivity contribution in [1.29, 1.82) is 0 Å². The van der Waals surface area contributed by atoms with E-state index in [0.29, 0.717) is 13.0 Å². The fraction of sp³-hybridized carbons (Fsp3) is 0.667. The molecule has 110 valence electrons. The molecule has 5 heteroatoms. The Bertz CT molecular complexity index is 513. The number of hydrogen-bond donors (Lipinski definition) is 2. The van der Waals surface area contributed by atoms with Crippen LogP contribution >= 0.6 is 11.3 Å². The average Bonchev–Trinajstić information content (AvgIpc) is 2.90. The van der Waals surface area contributed by atoms with Crippen LogP contribution in [0.5, 0.6) is 0 Å². The Balaban J connectivity index is 1.80. The molecule has 1 aromatic heterocycles. The lowest BCUT2D eigenvalue weighted by Crippen LogP contribution is -2.52. The van der Waals surface area contributed by atoms with Crippen molar-refractivity contribution in [2.24, 2.45) is 0 Å². The third-order valence-electron chi connectivity index (χ3n) is 4.43. The molecule has 1 saturated heterocycles. The van der Waals surface area contributed by atoms with E-state index in [0.717, 1.165) is 30.6 Å². The minimum atomic E-state index is -1.12. The van der Waals surface area contributed by atoms with Gasteiger partial charge in [0.05, 0.1) is 18.0 Å². The Labute approximate surface area is 123 Å². The highest BCUT2D eigenvalue weighted by Gasteiger charge is 2.36. The van der Waals surface area contributed by atoms with Crippen LogP contribution in [0.15, 0.2) is 5.38 Å². The molecular formula is C15H21NO3S. The van der Waals surface area contributed by atoms with Crippen LogP contribution in [-0.2, 0) is 12.8 Å². The summed E-state index contributed by atoms with van der Waals surface area (Å²) >= 11 is 1.54. The first-order valence-electron chi connectivity index (χ1n) is 7.35. The largest absolute Gasteiger partial charge is 0.393 e. The van der Waals surface area contributed by atoms with Gasteiger partial charge in [0.25, 0.3) is 5.91 Å². The molecule has 20 heavy (non-hydrogen) atoms. The number of piperidine rings is 1. The molecule has 1 unspecified atom stereocenters. The van der Waals surface area contributed by atoms with Gasteiger partial charge < -0.3 is 15.1 Å². The number of aryl methyl sites for hydroxylation is 1. The third-order valence-corrected chi connectivity index (χ3v) is 5.49. The van der Waals surface area contributed by atoms with Gasteiger partial charge >= 0.3 is 0 Å². The third kappa shape index (κ3) is 2.50. The lowest BCUT2D eigenvalue weighted by Gasteiger charge is -2.38. The molecule has 1 atom stereocenters. The highest BCUT2D eigenvalue weighted by molar-refractivity contribution is 7.12. The quantitative estimate of drug-likeness (QED) is 0.871. The van der Waals surface area contributed by atoms with Crippen molar-refractivity contribution in [1.82, 2.24) is 4.90 Å². The smallest absolute Gasteiger partial charge is 0.264 e. The van der Waals surface area contributed by atoms with Gasteiger partial charge in [-0.3, -0.25) is 4.79 Å². The van der Waals surface area contributed by atoms with Crippen molar-refractivity contribution in [3.63, 3.8) is 0 Å². The van der Waals surface area contributed by atoms with Crippen molar-refractivity contribution < 1.29 is 15.0 Å². The molecular weight excluding hydrogens is 274 g/mol. The van der Waals surface area contributed by atoms with Gasteiger partial charge in [0.15, 0.2) is 0 Å². The van der Waals surface area contributed by atoms with E-state index in [1.54, 1.807) is 4.90 Å². The van der Waals surface area contributed by atoms with Crippen LogP contribution in [-0.4, -0.2) is 46.3 Å². The van der Waals surface area contributed by atoms with Crippen molar-refractivity contribution in [3.05, 3.63) is 21.4 Å². The first-order valence-corrected chi connectivity index (χ1v) is 8.23. The summed E-state index contributed by atoms with van der Waals surface area (Å²) in [4.78, 5) is 15.2. The van der Waals surface area contributed by atoms with Gasteiger partial charge in [0.1, 0.15) is 5.60 Å². The summed E-state index contributed by atoms with van der Waals surface area (Å²) in [6, 6.07) is 0. The second kappa shape index (κ2) is 5.47. The van der Waals surface area contributed by atoms with E-state index in [1.165, 1.54) is 28.9 Å². The van der Waals surface area contributed by atoms with Crippen LogP contribution in [0.4, 0.5) is 0 Å². The zero-order valence-corrected chi connectivity index (χ0v) is 12.4. The summed E-state index contributed by atoms with van der Waals surface area (Å²) < 4.78 is 0. The number of rotatable bonds is 2. The van der Waals surface area contributed by atoms with Crippen molar-refractivity contribution >= 4 is 17.2 Å². The zero-order chi connectivity index (χ0) is 14.2. The van der Waals surface area contributed by atoms with Crippen molar-refractivity contribution in [3.8, 4) is 0 Å². The Morgan fingerprint density at radius 3 is 2.95 bits per heavy atom. The Morgan fingerprint density at radius 2 is 2.15 bits per heavy atom. The second-order valence-corrected chi connectivity index (χ2v) is 6.87. The van der Waals surface area contributed by atoms with E-state index in [1.807, 2.05) is 0 Å². The van der Waals surface area contributed by atoms with E-state index in [9.17, 15) is 15.0 Å². The fourth-order valence-electron chi connectivity index (χ4n) is 3.26. The number of aliphatic hydroxyl groups excluding tert-OH is 1. The minimum absolute atomic E-state index is 0.0322. The molecule has 1 fully saturated rings. The molecule has 0 aromatic carbocycles. The predicted molar refractivity (Wildman–Crippen MR) is 78.1 cm³/mol. The van der Waals surface area contributed by atoms with Crippen molar-refractivity contribution in [2.45, 2.75) is 44.1 Å². The SMILES string of the molecule is O=C(c1scc2c1CCCC2)N1CCCC(O)(CO)C1. The van der Waals surface area contributed by atoms with Crippen LogP contribution in [0.25, 0.3) is 0 Å². The molecule has 1 aromatic rings. The standard InChI is InChI=1S/C15H21NO3S/c17-10-15(19)6-3-7-16(9-15)14(18)13-12-5-2-1-4-11(12)8-20-13/h8,17,19H,1-7,9-10H2. The van der Waals surface area contributed by atoms with Gasteiger partial charge in [-0.25, -0.2) is 0 Å². The van der Waals surface area contributed by atoms with Crippen molar-refractivity contribution in [2.75, 3.05) is 19.7 Å². The average molecular weight is 295 g/mol. The van der Waals surface area contributed by atoms with Gasteiger partial charge in [-0.05, 0) is 55.0 Å². The molecule has 2 N–H and O–H groups in total. The number of nitrogens with zero attached hydrogens (tertiary/aromatic N) is 1. The lowest BCUT2D eigenvalue weighted by atomic mass is 9.92. The summed E-state index contributed by atoms with van der Waals surface area (Å²) in [5.74, 6) is 0.0322. The maximum absolute atomic E-state index is 12.7. The maximum Gasteiger partial charge on any atom is 0.264 e. The number of aliphatic hydroxyl groups is 2. The molecule has 1 aliphatic carbocycles. The zero-order valence-electron chi connectivity index (χ0n) is 11.6. The van der Waals surface area contributed by atoms with Crippen LogP contribution in [0.2, 0.25) is 0 Å². The van der Waals surface area contributed by atoms with E-state index in [4.69, 9.17) is 0 Å². The number of thiophene rings is 1. The van der Waals surface area contributed by atoms with Gasteiger partial charge in [-0.15, -0.1) is 11.3 Å². The van der Waals surface area contributed by atoms with Gasteiger partial charge in [-0.2, -0.15) is 0 Å². The number of likely N-dealkylation sites (tertiary alicyclic amines) is 1. The fourth-order valence-corrected chi connectivity index (χ4v) is 4.38. The molecule has 3 rings (SSSR count). The van der Waals surface area contributed by atoms with Gasteiger partial charge in [-0.1, -0.05) is 0 Å². The number of amides is 1. The molecule has 4 nitrogen and oxygen atoms in total. The van der Waals surface area contributed by atoms with E-state index in [2.05, 4.69) is 5.38 Å². The van der Waals surface area contributed by atoms with Crippen LogP contribution < -0.4 is 0 Å². The summed E-state index contributed by atoms with van der Waals surface area (Å²) in [6.07, 6.45) is 5.76. The number of β-amino-alcohol motifs (C(OH)–C–C–N with tert-alkyl or cyclic N) is 1. The van der Waals surface area contributed by atoms with E-state index in [-0.39, 0.29) is 19.1 Å². The maximum atomic E-state index is 12.7. The van der Waals surface area contributed by atoms with Crippen LogP contribution in [0.3, 0.4) is 0 Å². The number of fused-ring (bicyclic) bond motifs is 1. The monoisotopic (exact) mass is 295 g/mol. The summed E-state index contributed by atoms with van der Waals surface area (Å²) in [7, 11) is 0. The highest BCUT2D eigenvalue weighted by atomic mass is 32.1. The molecule has 0 radical (unpaired) electrons. The Morgan fingerprint density at radius 1 is 1.35 bits per heavy atom. The number of carbonyl (C=O) groups excluding carboxylic acids is 1. The molecule has 0 bridgehead atoms. The normalized spacial score (nSPS) is 26.4. The molecule has 0 spiro atoms. The van der Waals surface area contributed by atoms with Gasteiger partial charge in [0.2, 0.25) is 0 Å². The van der Waals surface area contributed by atoms with E-state index < -0.39 is 5.60 Å². The second-order valence-electron chi connectivity index (χ2n) is 5.99. The van der Waals surface area contributed by atoms with Crippen LogP contribution in [0, 0.1) is 0 Å². The Kier molecular flexibility index (Phi) is 3.84. The molecule has 2 aliphatic rings.